The molecule has 0 aliphatic heterocycles. The average molecular weight is 288 g/mol. The zero-order valence-electron chi connectivity index (χ0n) is 12.8. The molecule has 0 unspecified atom stereocenters. The third kappa shape index (κ3) is 3.37. The van der Waals surface area contributed by atoms with Gasteiger partial charge < -0.3 is 19.4 Å². The Labute approximate surface area is 124 Å². The number of benzene rings is 1. The van der Waals surface area contributed by atoms with Crippen molar-refractivity contribution in [1.29, 1.82) is 0 Å². The summed E-state index contributed by atoms with van der Waals surface area (Å²) in [6, 6.07) is 9.14. The molecule has 21 heavy (non-hydrogen) atoms. The van der Waals surface area contributed by atoms with E-state index in [9.17, 15) is 4.79 Å². The second kappa shape index (κ2) is 6.35. The predicted molar refractivity (Wildman–Crippen MR) is 80.9 cm³/mol. The molecule has 0 radical (unpaired) electrons. The number of nitrogens with zero attached hydrogens (tertiary/aromatic N) is 1. The van der Waals surface area contributed by atoms with Crippen molar-refractivity contribution in [2.24, 2.45) is 7.05 Å². The fraction of sp³-hybridized carbons (Fsp3) is 0.312. The fourth-order valence-electron chi connectivity index (χ4n) is 2.06. The molecule has 5 heteroatoms. The molecule has 0 saturated heterocycles. The Hall–Kier alpha value is -2.43. The molecule has 0 bridgehead atoms. The van der Waals surface area contributed by atoms with E-state index in [1.165, 1.54) is 0 Å². The van der Waals surface area contributed by atoms with Crippen LogP contribution in [0.3, 0.4) is 0 Å². The molecule has 0 atom stereocenters. The third-order valence-electron chi connectivity index (χ3n) is 3.52. The number of ether oxygens (including phenoxy) is 2. The van der Waals surface area contributed by atoms with Gasteiger partial charge in [0.25, 0.3) is 5.91 Å². The normalized spacial score (nSPS) is 10.3. The first kappa shape index (κ1) is 15.0. The van der Waals surface area contributed by atoms with Crippen LogP contribution >= 0.6 is 0 Å². The molecule has 0 aliphatic carbocycles. The number of nitrogens with one attached hydrogen (secondary N) is 1. The quantitative estimate of drug-likeness (QED) is 0.918. The van der Waals surface area contributed by atoms with Gasteiger partial charge >= 0.3 is 0 Å². The van der Waals surface area contributed by atoms with Gasteiger partial charge in [-0.1, -0.05) is 0 Å². The van der Waals surface area contributed by atoms with Crippen LogP contribution in [-0.2, 0) is 13.6 Å². The summed E-state index contributed by atoms with van der Waals surface area (Å²) < 4.78 is 12.4. The molecule has 0 aliphatic rings. The van der Waals surface area contributed by atoms with Crippen molar-refractivity contribution in [2.75, 3.05) is 14.2 Å². The van der Waals surface area contributed by atoms with Crippen molar-refractivity contribution in [3.63, 3.8) is 0 Å². The number of hydrogen-bond donors (Lipinski definition) is 1. The molecular formula is C16H20N2O3. The largest absolute Gasteiger partial charge is 0.497 e. The summed E-state index contributed by atoms with van der Waals surface area (Å²) >= 11 is 0. The van der Waals surface area contributed by atoms with Crippen LogP contribution in [0.4, 0.5) is 0 Å². The molecule has 1 aromatic carbocycles. The van der Waals surface area contributed by atoms with Gasteiger partial charge in [0.1, 0.15) is 11.5 Å². The highest BCUT2D eigenvalue weighted by Crippen LogP contribution is 2.22. The summed E-state index contributed by atoms with van der Waals surface area (Å²) in [5.41, 5.74) is 2.72. The van der Waals surface area contributed by atoms with Crippen molar-refractivity contribution in [1.82, 2.24) is 9.88 Å². The number of aromatic nitrogens is 1. The lowest BCUT2D eigenvalue weighted by molar-refractivity contribution is 0.0949. The molecule has 1 amide bonds. The molecule has 0 spiro atoms. The third-order valence-corrected chi connectivity index (χ3v) is 3.52. The molecule has 2 aromatic rings. The van der Waals surface area contributed by atoms with Gasteiger partial charge in [0.05, 0.1) is 20.8 Å². The molecular weight excluding hydrogens is 268 g/mol. The molecule has 0 saturated carbocycles. The van der Waals surface area contributed by atoms with Crippen LogP contribution < -0.4 is 14.8 Å². The fourth-order valence-corrected chi connectivity index (χ4v) is 2.06. The van der Waals surface area contributed by atoms with E-state index in [0.29, 0.717) is 23.6 Å². The predicted octanol–water partition coefficient (Wildman–Crippen LogP) is 2.28. The van der Waals surface area contributed by atoms with Crippen LogP contribution in [0.1, 0.15) is 21.7 Å². The molecule has 2 rings (SSSR count). The van der Waals surface area contributed by atoms with Crippen LogP contribution in [0, 0.1) is 6.92 Å². The van der Waals surface area contributed by atoms with Gasteiger partial charge in [-0.05, 0) is 31.2 Å². The summed E-state index contributed by atoms with van der Waals surface area (Å²) in [6.07, 6.45) is 0. The van der Waals surface area contributed by atoms with Crippen LogP contribution in [0.25, 0.3) is 0 Å². The van der Waals surface area contributed by atoms with E-state index in [-0.39, 0.29) is 5.91 Å². The molecule has 1 heterocycles. The van der Waals surface area contributed by atoms with Crippen LogP contribution in [-0.4, -0.2) is 24.7 Å². The molecule has 1 aromatic heterocycles. The van der Waals surface area contributed by atoms with Gasteiger partial charge in [-0.3, -0.25) is 4.79 Å². The zero-order valence-corrected chi connectivity index (χ0v) is 12.8. The molecule has 0 fully saturated rings. The van der Waals surface area contributed by atoms with E-state index < -0.39 is 0 Å². The molecule has 5 nitrogen and oxygen atoms in total. The van der Waals surface area contributed by atoms with E-state index in [1.54, 1.807) is 32.4 Å². The van der Waals surface area contributed by atoms with Gasteiger partial charge in [-0.2, -0.15) is 0 Å². The Morgan fingerprint density at radius 3 is 2.24 bits per heavy atom. The Morgan fingerprint density at radius 1 is 1.14 bits per heavy atom. The Bertz CT molecular complexity index is 625. The Kier molecular flexibility index (Phi) is 4.52. The van der Waals surface area contributed by atoms with Crippen LogP contribution in [0.5, 0.6) is 11.5 Å². The summed E-state index contributed by atoms with van der Waals surface area (Å²) in [5, 5.41) is 2.90. The van der Waals surface area contributed by atoms with Crippen molar-refractivity contribution in [2.45, 2.75) is 13.5 Å². The lowest BCUT2D eigenvalue weighted by Gasteiger charge is -2.10. The number of carbonyl (C=O) groups excluding carboxylic acids is 1. The summed E-state index contributed by atoms with van der Waals surface area (Å²) in [5.74, 6) is 1.02. The van der Waals surface area contributed by atoms with E-state index in [2.05, 4.69) is 5.32 Å². The van der Waals surface area contributed by atoms with Gasteiger partial charge in [0.2, 0.25) is 0 Å². The SMILES string of the molecule is COc1cc(OC)cc(C(=O)NCc2ccc(C)n2C)c1. The monoisotopic (exact) mass is 288 g/mol. The molecule has 1 N–H and O–H groups in total. The summed E-state index contributed by atoms with van der Waals surface area (Å²) in [7, 11) is 5.10. The number of aryl methyl sites for hydroxylation is 1. The number of carbonyl (C=O) groups is 1. The summed E-state index contributed by atoms with van der Waals surface area (Å²) in [4.78, 5) is 12.2. The minimum absolute atomic E-state index is 0.161. The minimum Gasteiger partial charge on any atom is -0.497 e. The first-order valence-electron chi connectivity index (χ1n) is 6.67. The van der Waals surface area contributed by atoms with Crippen LogP contribution in [0.15, 0.2) is 30.3 Å². The Balaban J connectivity index is 2.11. The topological polar surface area (TPSA) is 52.5 Å². The van der Waals surface area contributed by atoms with Crippen LogP contribution in [0.2, 0.25) is 0 Å². The highest BCUT2D eigenvalue weighted by Gasteiger charge is 2.10. The number of amides is 1. The van der Waals surface area contributed by atoms with Crippen molar-refractivity contribution in [3.8, 4) is 11.5 Å². The highest BCUT2D eigenvalue weighted by molar-refractivity contribution is 5.95. The van der Waals surface area contributed by atoms with Gasteiger partial charge in [-0.25, -0.2) is 0 Å². The minimum atomic E-state index is -0.161. The number of hydrogen-bond acceptors (Lipinski definition) is 3. The maximum atomic E-state index is 12.2. The lowest BCUT2D eigenvalue weighted by Crippen LogP contribution is -2.24. The highest BCUT2D eigenvalue weighted by atomic mass is 16.5. The first-order chi connectivity index (χ1) is 10.0. The lowest BCUT2D eigenvalue weighted by atomic mass is 10.2. The number of methoxy groups -OCH3 is 2. The van der Waals surface area contributed by atoms with E-state index in [0.717, 1.165) is 11.4 Å². The van der Waals surface area contributed by atoms with Gasteiger partial charge in [0, 0.05) is 30.1 Å². The van der Waals surface area contributed by atoms with E-state index in [1.807, 2.05) is 30.7 Å². The van der Waals surface area contributed by atoms with Crippen molar-refractivity contribution < 1.29 is 14.3 Å². The summed E-state index contributed by atoms with van der Waals surface area (Å²) in [6.45, 7) is 2.50. The maximum absolute atomic E-state index is 12.2. The van der Waals surface area contributed by atoms with Gasteiger partial charge in [0.15, 0.2) is 0 Å². The van der Waals surface area contributed by atoms with E-state index >= 15 is 0 Å². The van der Waals surface area contributed by atoms with E-state index in [4.69, 9.17) is 9.47 Å². The van der Waals surface area contributed by atoms with Crippen molar-refractivity contribution >= 4 is 5.91 Å². The zero-order chi connectivity index (χ0) is 15.4. The Morgan fingerprint density at radius 2 is 1.76 bits per heavy atom. The standard InChI is InChI=1S/C16H20N2O3/c1-11-5-6-13(18(11)2)10-17-16(19)12-7-14(20-3)9-15(8-12)21-4/h5-9H,10H2,1-4H3,(H,17,19). The second-order valence-corrected chi connectivity index (χ2v) is 4.81. The van der Waals surface area contributed by atoms with Gasteiger partial charge in [-0.15, -0.1) is 0 Å². The maximum Gasteiger partial charge on any atom is 0.251 e. The van der Waals surface area contributed by atoms with Crippen molar-refractivity contribution in [3.05, 3.63) is 47.3 Å². The smallest absolute Gasteiger partial charge is 0.251 e. The molecule has 112 valence electrons. The number of rotatable bonds is 5. The average Bonchev–Trinajstić information content (AvgIpc) is 2.83. The first-order valence-corrected chi connectivity index (χ1v) is 6.67. The second-order valence-electron chi connectivity index (χ2n) is 4.81.